The van der Waals surface area contributed by atoms with E-state index in [1.165, 1.54) is 4.90 Å². The lowest BCUT2D eigenvalue weighted by Crippen LogP contribution is -2.46. The van der Waals surface area contributed by atoms with Gasteiger partial charge in [-0.15, -0.1) is 0 Å². The summed E-state index contributed by atoms with van der Waals surface area (Å²) in [5.41, 5.74) is -0.166. The lowest BCUT2D eigenvalue weighted by atomic mass is 9.91. The average molecular weight is 478 g/mol. The number of carbonyl (C=O) groups is 1. The molecule has 1 N–H and O–H groups in total. The van der Waals surface area contributed by atoms with Crippen molar-refractivity contribution in [3.63, 3.8) is 0 Å². The summed E-state index contributed by atoms with van der Waals surface area (Å²) in [4.78, 5) is 14.8. The van der Waals surface area contributed by atoms with E-state index in [1.807, 2.05) is 0 Å². The van der Waals surface area contributed by atoms with Crippen LogP contribution in [0.4, 0.5) is 11.4 Å². The summed E-state index contributed by atoms with van der Waals surface area (Å²) in [5.74, 6) is -3.30. The van der Waals surface area contributed by atoms with Gasteiger partial charge in [-0.2, -0.15) is 0 Å². The van der Waals surface area contributed by atoms with E-state index in [-0.39, 0.29) is 92.1 Å². The summed E-state index contributed by atoms with van der Waals surface area (Å²) in [6.07, 6.45) is -4.58. The number of hydrogen-bond acceptors (Lipinski definition) is 5. The van der Waals surface area contributed by atoms with Gasteiger partial charge in [0.25, 0.3) is 0 Å². The minimum absolute atomic E-state index is 0.0437. The number of piperazine rings is 1. The van der Waals surface area contributed by atoms with Gasteiger partial charge in [-0.05, 0) is 56.1 Å². The van der Waals surface area contributed by atoms with Gasteiger partial charge in [-0.1, -0.05) is 25.3 Å². The van der Waals surface area contributed by atoms with E-state index in [9.17, 15) is 13.2 Å². The maximum absolute atomic E-state index is 13.3. The maximum Gasteiger partial charge on any atom is 0.221 e. The number of rotatable bonds is 10. The normalized spacial score (nSPS) is 28.7. The molecule has 0 spiro atoms. The molecule has 1 aromatic carbocycles. The molecule has 2 aliphatic rings. The molecule has 0 aromatic heterocycles. The number of carbonyl (C=O) groups excluding carboxylic acids is 1. The molecule has 8 heteroatoms. The predicted octanol–water partition coefficient (Wildman–Crippen LogP) is 3.39. The van der Waals surface area contributed by atoms with Gasteiger partial charge in [-0.3, -0.25) is 9.69 Å². The first-order valence-electron chi connectivity index (χ1n) is 17.3. The first-order chi connectivity index (χ1) is 20.4. The number of benzene rings is 1. The molecule has 1 aliphatic heterocycles. The number of amides is 1. The van der Waals surface area contributed by atoms with Crippen molar-refractivity contribution in [2.45, 2.75) is 51.8 Å². The van der Waals surface area contributed by atoms with Crippen molar-refractivity contribution in [3.05, 3.63) is 24.2 Å². The molecule has 1 aromatic rings. The van der Waals surface area contributed by atoms with Crippen molar-refractivity contribution in [1.29, 1.82) is 0 Å². The van der Waals surface area contributed by atoms with E-state index in [0.717, 1.165) is 13.0 Å². The molecule has 7 nitrogen and oxygen atoms in total. The van der Waals surface area contributed by atoms with Gasteiger partial charge in [0.05, 0.1) is 9.87 Å². The van der Waals surface area contributed by atoms with Crippen molar-refractivity contribution >= 4 is 27.3 Å². The standard InChI is InChI=1S/C24H40N4O3S/c1-21(29)25-23-11-8-12-24(19-23)28-17-15-27(16-18-28)14-7-6-13-26(2)32(30,31)20-22-9-4-3-5-10-22/h8,11-12,19,22H,3-7,9-10,13-18,20H2,1-2H3,(H,25,29)/i2D3,9D2,10D2,11D,12D,14D2,19D/hD. The third-order valence-electron chi connectivity index (χ3n) is 5.24. The van der Waals surface area contributed by atoms with Crippen LogP contribution in [0, 0.1) is 5.92 Å². The smallest absolute Gasteiger partial charge is 0.221 e. The van der Waals surface area contributed by atoms with Gasteiger partial charge in [0.1, 0.15) is 0 Å². The Labute approximate surface area is 212 Å². The number of anilines is 2. The molecule has 0 radical (unpaired) electrons. The zero-order valence-corrected chi connectivity index (χ0v) is 19.2. The number of nitrogens with zero attached hydrogens (tertiary/aromatic N) is 3. The molecular formula is C24H40N4O3S. The maximum atomic E-state index is 13.3. The fraction of sp³-hybridized carbons (Fsp3) is 0.708. The second-order valence-electron chi connectivity index (χ2n) is 7.79. The largest absolute Gasteiger partial charge is 0.369 e. The lowest BCUT2D eigenvalue weighted by Gasteiger charge is -2.36. The Morgan fingerprint density at radius 1 is 1.28 bits per heavy atom. The van der Waals surface area contributed by atoms with Gasteiger partial charge in [0.2, 0.25) is 15.9 Å². The molecular weight excluding hydrogens is 424 g/mol. The van der Waals surface area contributed by atoms with Crippen LogP contribution in [0.2, 0.25) is 1.41 Å². The molecule has 180 valence electrons. The summed E-state index contributed by atoms with van der Waals surface area (Å²) >= 11 is 0. The molecule has 3 rings (SSSR count). The summed E-state index contributed by atoms with van der Waals surface area (Å²) < 4.78 is 133. The van der Waals surface area contributed by atoms with E-state index in [2.05, 4.69) is 0 Å². The molecule has 2 fully saturated rings. The van der Waals surface area contributed by atoms with E-state index < -0.39 is 60.4 Å². The van der Waals surface area contributed by atoms with Crippen LogP contribution in [0.5, 0.6) is 0 Å². The fourth-order valence-corrected chi connectivity index (χ4v) is 4.81. The highest BCUT2D eigenvalue weighted by atomic mass is 32.2. The van der Waals surface area contributed by atoms with Crippen molar-refractivity contribution in [3.8, 4) is 0 Å². The van der Waals surface area contributed by atoms with Crippen LogP contribution < -0.4 is 10.2 Å². The zero-order valence-electron chi connectivity index (χ0n) is 31.4. The molecule has 0 bridgehead atoms. The predicted molar refractivity (Wildman–Crippen MR) is 132 cm³/mol. The topological polar surface area (TPSA) is 73.0 Å². The Kier molecular flexibility index (Phi) is 4.77. The Bertz CT molecular complexity index is 1340. The second kappa shape index (κ2) is 12.0. The molecule has 1 aliphatic carbocycles. The lowest BCUT2D eigenvalue weighted by molar-refractivity contribution is -0.114. The number of nitrogens with one attached hydrogen (secondary N) is 1. The number of sulfonamides is 1. The quantitative estimate of drug-likeness (QED) is 0.559. The molecule has 0 atom stereocenters. The second-order valence-corrected chi connectivity index (χ2v) is 9.72. The monoisotopic (exact) mass is 477 g/mol. The molecule has 1 heterocycles. The molecule has 1 saturated carbocycles. The van der Waals surface area contributed by atoms with Gasteiger partial charge < -0.3 is 10.2 Å². The Hall–Kier alpha value is -1.64. The van der Waals surface area contributed by atoms with E-state index in [4.69, 9.17) is 17.9 Å². The van der Waals surface area contributed by atoms with Gasteiger partial charge in [0, 0.05) is 70.3 Å². The van der Waals surface area contributed by atoms with Crippen LogP contribution in [-0.2, 0) is 14.8 Å². The van der Waals surface area contributed by atoms with E-state index in [1.54, 1.807) is 4.90 Å². The Morgan fingerprint density at radius 3 is 2.72 bits per heavy atom. The van der Waals surface area contributed by atoms with Crippen LogP contribution in [0.1, 0.15) is 68.2 Å². The average Bonchev–Trinajstić information content (AvgIpc) is 2.87. The summed E-state index contributed by atoms with van der Waals surface area (Å²) in [6.45, 7) is -4.04. The van der Waals surface area contributed by atoms with E-state index >= 15 is 0 Å². The Morgan fingerprint density at radius 2 is 2.03 bits per heavy atom. The van der Waals surface area contributed by atoms with Crippen LogP contribution >= 0.6 is 0 Å². The minimum atomic E-state index is -4.67. The third kappa shape index (κ3) is 7.74. The highest BCUT2D eigenvalue weighted by molar-refractivity contribution is 7.89. The van der Waals surface area contributed by atoms with Crippen molar-refractivity contribution < 1.29 is 31.1 Å². The van der Waals surface area contributed by atoms with Crippen LogP contribution in [0.3, 0.4) is 0 Å². The number of hydrogen-bond donors (Lipinski definition) is 1. The highest BCUT2D eigenvalue weighted by Crippen LogP contribution is 2.25. The van der Waals surface area contributed by atoms with Crippen LogP contribution in [-0.4, -0.2) is 75.5 Å². The SMILES string of the molecule is [2H]c1cc([2H])c(N([2H])C(C)=O)c([2H])c1N1CCN(C([2H])([2H])CCCN(C([2H])([2H])[2H])S(=O)(=O)CC2C([2H])([2H])CCCC2([2H])[2H])CC1. The first kappa shape index (κ1) is 12.7. The first-order valence-corrected chi connectivity index (χ1v) is 12.4. The fourth-order valence-electron chi connectivity index (χ4n) is 3.56. The van der Waals surface area contributed by atoms with E-state index in [0.29, 0.717) is 5.31 Å². The highest BCUT2D eigenvalue weighted by Gasteiger charge is 2.24. The van der Waals surface area contributed by atoms with Crippen molar-refractivity contribution in [2.24, 2.45) is 5.92 Å². The van der Waals surface area contributed by atoms with Crippen LogP contribution in [0.15, 0.2) is 24.2 Å². The molecule has 0 unspecified atom stereocenters. The zero-order chi connectivity index (χ0) is 34.3. The minimum Gasteiger partial charge on any atom is -0.369 e. The molecule has 1 saturated heterocycles. The van der Waals surface area contributed by atoms with Gasteiger partial charge in [0.15, 0.2) is 1.41 Å². The van der Waals surface area contributed by atoms with Crippen molar-refractivity contribution in [1.82, 2.24) is 9.21 Å². The third-order valence-corrected chi connectivity index (χ3v) is 6.85. The van der Waals surface area contributed by atoms with Crippen LogP contribution in [0.25, 0.3) is 0 Å². The molecule has 32 heavy (non-hydrogen) atoms. The van der Waals surface area contributed by atoms with Gasteiger partial charge >= 0.3 is 0 Å². The summed E-state index contributed by atoms with van der Waals surface area (Å²) in [5, 5.41) is 0.423. The van der Waals surface area contributed by atoms with Gasteiger partial charge in [-0.25, -0.2) is 12.7 Å². The summed E-state index contributed by atoms with van der Waals surface area (Å²) in [6, 6.07) is 0.329. The van der Waals surface area contributed by atoms with Crippen molar-refractivity contribution in [2.75, 3.05) is 62.2 Å². The Balaban J connectivity index is 1.68. The summed E-state index contributed by atoms with van der Waals surface area (Å²) in [7, 11) is -4.67. The molecule has 1 amide bonds.